The van der Waals surface area contributed by atoms with Gasteiger partial charge in [-0.3, -0.25) is 19.3 Å². The lowest BCUT2D eigenvalue weighted by molar-refractivity contribution is 0.0988. The first-order valence-electron chi connectivity index (χ1n) is 9.37. The molecule has 1 aromatic heterocycles. The smallest absolute Gasteiger partial charge is 0.276 e. The third kappa shape index (κ3) is 3.49. The highest BCUT2D eigenvalue weighted by molar-refractivity contribution is 5.33. The van der Waals surface area contributed by atoms with E-state index in [0.717, 1.165) is 36.5 Å². The second-order valence-corrected chi connectivity index (χ2v) is 7.35. The van der Waals surface area contributed by atoms with Crippen LogP contribution in [-0.2, 0) is 13.6 Å². The van der Waals surface area contributed by atoms with E-state index in [4.69, 9.17) is 0 Å². The third-order valence-electron chi connectivity index (χ3n) is 5.53. The molecule has 0 amide bonds. The normalized spacial score (nSPS) is 21.0. The number of aliphatic hydroxyl groups is 1. The Morgan fingerprint density at radius 2 is 1.92 bits per heavy atom. The Morgan fingerprint density at radius 1 is 1.23 bits per heavy atom. The summed E-state index contributed by atoms with van der Waals surface area (Å²) >= 11 is 0. The van der Waals surface area contributed by atoms with Crippen LogP contribution < -0.4 is 5.56 Å². The summed E-state index contributed by atoms with van der Waals surface area (Å²) in [4.78, 5) is 17.5. The molecule has 2 heterocycles. The molecule has 6 heteroatoms. The highest BCUT2D eigenvalue weighted by atomic mass is 16.3. The molecule has 1 aliphatic heterocycles. The van der Waals surface area contributed by atoms with Crippen molar-refractivity contribution in [1.29, 1.82) is 0 Å². The molecule has 0 aliphatic carbocycles. The summed E-state index contributed by atoms with van der Waals surface area (Å²) in [6.07, 6.45) is 0.700. The summed E-state index contributed by atoms with van der Waals surface area (Å²) in [5, 5.41) is 10.4. The topological polar surface area (TPSA) is 53.6 Å². The number of likely N-dealkylation sites (tertiary alicyclic amines) is 1. The number of likely N-dealkylation sites (N-methyl/N-ethyl adjacent to an activating group) is 1. The van der Waals surface area contributed by atoms with Gasteiger partial charge in [-0.1, -0.05) is 25.1 Å². The molecule has 0 radical (unpaired) electrons. The number of hydrogen-bond acceptors (Lipinski definition) is 4. The van der Waals surface area contributed by atoms with Crippen molar-refractivity contribution in [2.75, 3.05) is 26.7 Å². The largest absolute Gasteiger partial charge is 0.390 e. The summed E-state index contributed by atoms with van der Waals surface area (Å²) in [7, 11) is 3.99. The maximum atomic E-state index is 13.0. The van der Waals surface area contributed by atoms with Gasteiger partial charge < -0.3 is 5.11 Å². The van der Waals surface area contributed by atoms with Crippen molar-refractivity contribution in [1.82, 2.24) is 19.2 Å². The Labute approximate surface area is 155 Å². The molecule has 0 unspecified atom stereocenters. The van der Waals surface area contributed by atoms with Gasteiger partial charge in [0.2, 0.25) is 0 Å². The van der Waals surface area contributed by atoms with Crippen LogP contribution in [0.5, 0.6) is 0 Å². The molecule has 3 rings (SSSR count). The molecule has 26 heavy (non-hydrogen) atoms. The van der Waals surface area contributed by atoms with Crippen LogP contribution in [0.3, 0.4) is 0 Å². The molecule has 0 saturated carbocycles. The highest BCUT2D eigenvalue weighted by Crippen LogP contribution is 2.19. The fourth-order valence-electron chi connectivity index (χ4n) is 3.96. The summed E-state index contributed by atoms with van der Waals surface area (Å²) < 4.78 is 3.64. The van der Waals surface area contributed by atoms with Crippen LogP contribution in [0.15, 0.2) is 35.1 Å². The molecule has 1 aromatic carbocycles. The van der Waals surface area contributed by atoms with Crippen molar-refractivity contribution in [2.45, 2.75) is 39.0 Å². The number of hydrogen-bond donors (Lipinski definition) is 1. The lowest BCUT2D eigenvalue weighted by Crippen LogP contribution is -2.41. The fourth-order valence-corrected chi connectivity index (χ4v) is 3.96. The van der Waals surface area contributed by atoms with Gasteiger partial charge >= 0.3 is 0 Å². The Morgan fingerprint density at radius 3 is 2.58 bits per heavy atom. The van der Waals surface area contributed by atoms with Crippen molar-refractivity contribution in [3.63, 3.8) is 0 Å². The molecule has 1 N–H and O–H groups in total. The van der Waals surface area contributed by atoms with Crippen LogP contribution in [0.1, 0.15) is 24.6 Å². The van der Waals surface area contributed by atoms with Gasteiger partial charge in [-0.25, -0.2) is 4.68 Å². The van der Waals surface area contributed by atoms with Gasteiger partial charge in [0.15, 0.2) is 0 Å². The van der Waals surface area contributed by atoms with Gasteiger partial charge in [-0.05, 0) is 39.1 Å². The van der Waals surface area contributed by atoms with E-state index in [1.165, 1.54) is 0 Å². The van der Waals surface area contributed by atoms with Gasteiger partial charge in [0.1, 0.15) is 0 Å². The molecule has 1 aliphatic rings. The van der Waals surface area contributed by atoms with Crippen molar-refractivity contribution < 1.29 is 5.11 Å². The van der Waals surface area contributed by atoms with Crippen LogP contribution in [0.4, 0.5) is 0 Å². The minimum Gasteiger partial charge on any atom is -0.390 e. The van der Waals surface area contributed by atoms with Gasteiger partial charge in [0, 0.05) is 38.4 Å². The monoisotopic (exact) mass is 358 g/mol. The predicted molar refractivity (Wildman–Crippen MR) is 104 cm³/mol. The Kier molecular flexibility index (Phi) is 5.65. The lowest BCUT2D eigenvalue weighted by atomic mass is 10.2. The zero-order valence-electron chi connectivity index (χ0n) is 16.2. The van der Waals surface area contributed by atoms with Gasteiger partial charge in [0.25, 0.3) is 5.56 Å². The average Bonchev–Trinajstić information content (AvgIpc) is 3.09. The van der Waals surface area contributed by atoms with Crippen LogP contribution in [0.25, 0.3) is 5.69 Å². The first-order valence-corrected chi connectivity index (χ1v) is 9.37. The number of para-hydroxylation sites is 1. The minimum atomic E-state index is -0.369. The fraction of sp³-hybridized carbons (Fsp3) is 0.550. The first-order chi connectivity index (χ1) is 12.4. The van der Waals surface area contributed by atoms with Gasteiger partial charge in [-0.2, -0.15) is 0 Å². The molecular formula is C20H30N4O2. The van der Waals surface area contributed by atoms with E-state index in [9.17, 15) is 9.90 Å². The summed E-state index contributed by atoms with van der Waals surface area (Å²) in [6.45, 7) is 7.08. The Balaban J connectivity index is 1.83. The molecule has 6 nitrogen and oxygen atoms in total. The first kappa shape index (κ1) is 18.9. The van der Waals surface area contributed by atoms with Crippen molar-refractivity contribution >= 4 is 0 Å². The van der Waals surface area contributed by atoms with Crippen molar-refractivity contribution in [3.8, 4) is 5.69 Å². The minimum absolute atomic E-state index is 0.0241. The Bertz CT molecular complexity index is 796. The van der Waals surface area contributed by atoms with E-state index < -0.39 is 0 Å². The van der Waals surface area contributed by atoms with E-state index in [2.05, 4.69) is 23.8 Å². The molecule has 1 fully saturated rings. The molecular weight excluding hydrogens is 328 g/mol. The second kappa shape index (κ2) is 7.78. The summed E-state index contributed by atoms with van der Waals surface area (Å²) in [5.41, 5.74) is 2.67. The van der Waals surface area contributed by atoms with Crippen molar-refractivity contribution in [3.05, 3.63) is 51.9 Å². The quantitative estimate of drug-likeness (QED) is 0.847. The molecule has 2 atom stereocenters. The number of benzene rings is 1. The van der Waals surface area contributed by atoms with E-state index in [1.54, 1.807) is 4.68 Å². The SMILES string of the molecule is CCCN(C)[C@@H]1CN(Cc2c(C)n(C)n(-c3ccccc3)c2=O)C[C@H]1O. The van der Waals surface area contributed by atoms with Crippen LogP contribution >= 0.6 is 0 Å². The average molecular weight is 358 g/mol. The Hall–Kier alpha value is -1.89. The number of nitrogens with zero attached hydrogens (tertiary/aromatic N) is 4. The molecule has 0 spiro atoms. The lowest BCUT2D eigenvalue weighted by Gasteiger charge is -2.25. The van der Waals surface area contributed by atoms with E-state index in [-0.39, 0.29) is 17.7 Å². The second-order valence-electron chi connectivity index (χ2n) is 7.35. The number of β-amino-alcohol motifs (C(OH)–C–C–N with tert-alkyl or cyclic N) is 1. The van der Waals surface area contributed by atoms with Crippen molar-refractivity contribution in [2.24, 2.45) is 7.05 Å². The molecule has 1 saturated heterocycles. The van der Waals surface area contributed by atoms with E-state index >= 15 is 0 Å². The molecule has 0 bridgehead atoms. The highest BCUT2D eigenvalue weighted by Gasteiger charge is 2.34. The van der Waals surface area contributed by atoms with Crippen LogP contribution in [0, 0.1) is 6.92 Å². The zero-order chi connectivity index (χ0) is 18.8. The number of rotatable bonds is 6. The number of aliphatic hydroxyl groups excluding tert-OH is 1. The summed E-state index contributed by atoms with van der Waals surface area (Å²) in [5.74, 6) is 0. The maximum absolute atomic E-state index is 13.0. The zero-order valence-corrected chi connectivity index (χ0v) is 16.2. The predicted octanol–water partition coefficient (Wildman–Crippen LogP) is 1.37. The van der Waals surface area contributed by atoms with E-state index in [1.807, 2.05) is 49.0 Å². The molecule has 142 valence electrons. The van der Waals surface area contributed by atoms with E-state index in [0.29, 0.717) is 13.1 Å². The third-order valence-corrected chi connectivity index (χ3v) is 5.53. The standard InChI is InChI=1S/C20H30N4O2/c1-5-11-21(3)18-13-23(14-19(18)25)12-17-15(2)22(4)24(20(17)26)16-9-7-6-8-10-16/h6-10,18-19,25H,5,11-14H2,1-4H3/t18-,19-/m1/s1. The maximum Gasteiger partial charge on any atom is 0.276 e. The van der Waals surface area contributed by atoms with Gasteiger partial charge in [-0.15, -0.1) is 0 Å². The number of aromatic nitrogens is 2. The van der Waals surface area contributed by atoms with Crippen LogP contribution in [-0.4, -0.2) is 63.1 Å². The summed E-state index contributed by atoms with van der Waals surface area (Å²) in [6, 6.07) is 9.85. The molecule has 2 aromatic rings. The van der Waals surface area contributed by atoms with Crippen LogP contribution in [0.2, 0.25) is 0 Å². The van der Waals surface area contributed by atoms with Gasteiger partial charge in [0.05, 0.1) is 17.4 Å².